The Morgan fingerprint density at radius 2 is 0.873 bits per heavy atom. The second-order valence-corrected chi connectivity index (χ2v) is 21.0. The molecule has 0 radical (unpaired) electrons. The van der Waals surface area contributed by atoms with Crippen molar-refractivity contribution in [1.29, 1.82) is 0 Å². The molecule has 372 valence electrons. The first-order valence-electron chi connectivity index (χ1n) is 26.9. The SMILES string of the molecule is CCCCCCCC/C=C\CCCCCCCCCC(=O)NC(COP(=O)(O)OCC[N+](C)(C)C)C(O)/C=C/CC/C=C/CCCCCCCCCCCCCCCCCCCC. The van der Waals surface area contributed by atoms with Crippen LogP contribution in [-0.2, 0) is 18.4 Å². The third kappa shape index (κ3) is 48.5. The Morgan fingerprint density at radius 1 is 0.524 bits per heavy atom. The maximum atomic E-state index is 12.9. The third-order valence-electron chi connectivity index (χ3n) is 12.1. The molecule has 0 aromatic rings. The first-order valence-corrected chi connectivity index (χ1v) is 28.4. The number of hydrogen-bond donors (Lipinski definition) is 3. The summed E-state index contributed by atoms with van der Waals surface area (Å²) >= 11 is 0. The number of amides is 1. The highest BCUT2D eigenvalue weighted by Gasteiger charge is 2.27. The molecule has 3 unspecified atom stereocenters. The molecule has 63 heavy (non-hydrogen) atoms. The predicted molar refractivity (Wildman–Crippen MR) is 272 cm³/mol. The molecule has 0 fully saturated rings. The molecule has 3 atom stereocenters. The van der Waals surface area contributed by atoms with Crippen LogP contribution < -0.4 is 5.32 Å². The molecule has 1 amide bonds. The van der Waals surface area contributed by atoms with Gasteiger partial charge in [-0.3, -0.25) is 13.8 Å². The van der Waals surface area contributed by atoms with Crippen LogP contribution in [0.15, 0.2) is 36.5 Å². The van der Waals surface area contributed by atoms with Gasteiger partial charge in [0.1, 0.15) is 13.2 Å². The van der Waals surface area contributed by atoms with Gasteiger partial charge in [-0.25, -0.2) is 4.57 Å². The molecule has 8 nitrogen and oxygen atoms in total. The van der Waals surface area contributed by atoms with Crippen LogP contribution in [-0.4, -0.2) is 73.4 Å². The average Bonchev–Trinajstić information content (AvgIpc) is 3.24. The van der Waals surface area contributed by atoms with Crippen molar-refractivity contribution in [2.45, 2.75) is 264 Å². The van der Waals surface area contributed by atoms with Gasteiger partial charge in [-0.15, -0.1) is 0 Å². The molecular formula is C54H106N2O6P+. The summed E-state index contributed by atoms with van der Waals surface area (Å²) in [5, 5.41) is 13.9. The van der Waals surface area contributed by atoms with Gasteiger partial charge in [-0.2, -0.15) is 0 Å². The lowest BCUT2D eigenvalue weighted by Crippen LogP contribution is -2.45. The van der Waals surface area contributed by atoms with Crippen molar-refractivity contribution in [3.05, 3.63) is 36.5 Å². The van der Waals surface area contributed by atoms with E-state index in [2.05, 4.69) is 43.5 Å². The molecule has 0 aliphatic heterocycles. The topological polar surface area (TPSA) is 105 Å². The summed E-state index contributed by atoms with van der Waals surface area (Å²) in [5.74, 6) is -0.190. The van der Waals surface area contributed by atoms with E-state index in [0.717, 1.165) is 38.5 Å². The molecule has 0 aromatic heterocycles. The van der Waals surface area contributed by atoms with E-state index in [9.17, 15) is 19.4 Å². The van der Waals surface area contributed by atoms with E-state index in [4.69, 9.17) is 9.05 Å². The van der Waals surface area contributed by atoms with Gasteiger partial charge >= 0.3 is 7.82 Å². The van der Waals surface area contributed by atoms with Gasteiger partial charge in [0.05, 0.1) is 39.9 Å². The fourth-order valence-corrected chi connectivity index (χ4v) is 8.55. The number of carbonyl (C=O) groups is 1. The van der Waals surface area contributed by atoms with Gasteiger partial charge in [0.25, 0.3) is 0 Å². The number of nitrogens with zero attached hydrogens (tertiary/aromatic N) is 1. The quantitative estimate of drug-likeness (QED) is 0.0243. The standard InChI is InChI=1S/C54H105N2O6P/c1-6-8-10-12-14-16-18-20-22-24-25-26-27-28-29-30-32-33-35-37-39-41-43-45-47-53(57)52(51-62-63(59,60)61-50-49-56(3,4)5)55-54(58)48-46-44-42-40-38-36-34-31-23-21-19-17-15-13-11-9-7-2/h21,23,37,39,45,47,52-53,57H,6-20,22,24-36,38,40-44,46,48-51H2,1-5H3,(H-,55,58,59,60)/p+1/b23-21-,39-37+,47-45+. The minimum absolute atomic E-state index is 0.0557. The Hall–Kier alpha value is -1.28. The summed E-state index contributed by atoms with van der Waals surface area (Å²) in [5.41, 5.74) is 0. The predicted octanol–water partition coefficient (Wildman–Crippen LogP) is 15.8. The Morgan fingerprint density at radius 3 is 1.27 bits per heavy atom. The van der Waals surface area contributed by atoms with Crippen LogP contribution in [0.3, 0.4) is 0 Å². The van der Waals surface area contributed by atoms with Crippen molar-refractivity contribution in [1.82, 2.24) is 5.32 Å². The van der Waals surface area contributed by atoms with E-state index in [1.54, 1.807) is 6.08 Å². The normalized spacial score (nSPS) is 14.3. The van der Waals surface area contributed by atoms with Gasteiger partial charge in [0.2, 0.25) is 5.91 Å². The monoisotopic (exact) mass is 910 g/mol. The largest absolute Gasteiger partial charge is 0.472 e. The molecule has 0 saturated heterocycles. The molecule has 0 aromatic carbocycles. The summed E-state index contributed by atoms with van der Waals surface area (Å²) in [6.07, 6.45) is 58.1. The smallest absolute Gasteiger partial charge is 0.387 e. The third-order valence-corrected chi connectivity index (χ3v) is 13.1. The number of phosphoric ester groups is 1. The van der Waals surface area contributed by atoms with Gasteiger partial charge in [-0.05, 0) is 57.8 Å². The van der Waals surface area contributed by atoms with Crippen molar-refractivity contribution >= 4 is 13.7 Å². The zero-order chi connectivity index (χ0) is 46.4. The number of aliphatic hydroxyl groups is 1. The van der Waals surface area contributed by atoms with Crippen molar-refractivity contribution in [2.24, 2.45) is 0 Å². The van der Waals surface area contributed by atoms with Crippen molar-refractivity contribution in [3.8, 4) is 0 Å². The average molecular weight is 910 g/mol. The molecule has 0 spiro atoms. The number of phosphoric acid groups is 1. The van der Waals surface area contributed by atoms with Gasteiger partial charge in [-0.1, -0.05) is 224 Å². The summed E-state index contributed by atoms with van der Waals surface area (Å²) in [6, 6.07) is -0.865. The van der Waals surface area contributed by atoms with E-state index >= 15 is 0 Å². The van der Waals surface area contributed by atoms with Crippen molar-refractivity contribution < 1.29 is 32.9 Å². The first-order chi connectivity index (χ1) is 30.5. The Balaban J connectivity index is 4.30. The van der Waals surface area contributed by atoms with E-state index < -0.39 is 20.0 Å². The maximum absolute atomic E-state index is 12.9. The minimum Gasteiger partial charge on any atom is -0.387 e. The van der Waals surface area contributed by atoms with Gasteiger partial charge in [0.15, 0.2) is 0 Å². The molecule has 0 bridgehead atoms. The number of rotatable bonds is 49. The molecule has 3 N–H and O–H groups in total. The second-order valence-electron chi connectivity index (χ2n) is 19.6. The van der Waals surface area contributed by atoms with Gasteiger partial charge < -0.3 is 19.8 Å². The van der Waals surface area contributed by atoms with Crippen molar-refractivity contribution in [3.63, 3.8) is 0 Å². The van der Waals surface area contributed by atoms with Crippen LogP contribution in [0.2, 0.25) is 0 Å². The number of unbranched alkanes of at least 4 members (excludes halogenated alkanes) is 32. The summed E-state index contributed by atoms with van der Waals surface area (Å²) in [6.45, 7) is 4.81. The number of hydrogen-bond acceptors (Lipinski definition) is 5. The number of likely N-dealkylation sites (N-methyl/N-ethyl adjacent to an activating group) is 1. The van der Waals surface area contributed by atoms with E-state index in [0.29, 0.717) is 17.4 Å². The Bertz CT molecular complexity index is 1120. The lowest BCUT2D eigenvalue weighted by molar-refractivity contribution is -0.870. The summed E-state index contributed by atoms with van der Waals surface area (Å²) < 4.78 is 23.6. The van der Waals surface area contributed by atoms with Gasteiger partial charge in [0, 0.05) is 6.42 Å². The molecule has 0 heterocycles. The maximum Gasteiger partial charge on any atom is 0.472 e. The van der Waals surface area contributed by atoms with Crippen molar-refractivity contribution in [2.75, 3.05) is 40.9 Å². The van der Waals surface area contributed by atoms with Crippen LogP contribution in [0.25, 0.3) is 0 Å². The minimum atomic E-state index is -4.35. The fourth-order valence-electron chi connectivity index (χ4n) is 7.82. The molecular weight excluding hydrogens is 804 g/mol. The van der Waals surface area contributed by atoms with E-state index in [-0.39, 0.29) is 19.1 Å². The van der Waals surface area contributed by atoms with E-state index in [1.807, 2.05) is 27.2 Å². The number of aliphatic hydroxyl groups excluding tert-OH is 1. The molecule has 0 saturated carbocycles. The highest BCUT2D eigenvalue weighted by atomic mass is 31.2. The molecule has 0 aliphatic rings. The number of allylic oxidation sites excluding steroid dienone is 5. The van der Waals surface area contributed by atoms with Crippen LogP contribution >= 0.6 is 7.82 Å². The Labute approximate surface area is 391 Å². The molecule has 9 heteroatoms. The number of carbonyl (C=O) groups excluding carboxylic acids is 1. The van der Waals surface area contributed by atoms with E-state index in [1.165, 1.54) is 193 Å². The van der Waals surface area contributed by atoms with Crippen LogP contribution in [0, 0.1) is 0 Å². The highest BCUT2D eigenvalue weighted by Crippen LogP contribution is 2.43. The summed E-state index contributed by atoms with van der Waals surface area (Å²) in [4.78, 5) is 23.2. The molecule has 0 rings (SSSR count). The molecule has 0 aliphatic carbocycles. The first kappa shape index (κ1) is 61.7. The number of quaternary nitrogens is 1. The zero-order valence-corrected chi connectivity index (χ0v) is 43.2. The van der Waals surface area contributed by atoms with Crippen LogP contribution in [0.1, 0.15) is 251 Å². The lowest BCUT2D eigenvalue weighted by Gasteiger charge is -2.25. The summed E-state index contributed by atoms with van der Waals surface area (Å²) in [7, 11) is 1.56. The van der Waals surface area contributed by atoms with Crippen LogP contribution in [0.4, 0.5) is 0 Å². The zero-order valence-electron chi connectivity index (χ0n) is 42.3. The highest BCUT2D eigenvalue weighted by molar-refractivity contribution is 7.47. The second kappa shape index (κ2) is 45.9. The Kier molecular flexibility index (Phi) is 44.9. The fraction of sp³-hybridized carbons (Fsp3) is 0.870. The van der Waals surface area contributed by atoms with Crippen LogP contribution in [0.5, 0.6) is 0 Å². The number of nitrogens with one attached hydrogen (secondary N) is 1. The lowest BCUT2D eigenvalue weighted by atomic mass is 10.0.